The zero-order valence-electron chi connectivity index (χ0n) is 9.21. The first-order chi connectivity index (χ1) is 6.77. The van der Waals surface area contributed by atoms with Gasteiger partial charge in [-0.2, -0.15) is 0 Å². The largest absolute Gasteiger partial charge is 0.465 e. The molecule has 3 heteroatoms. The van der Waals surface area contributed by atoms with Gasteiger partial charge in [0.2, 0.25) is 0 Å². The molecule has 0 heterocycles. The van der Waals surface area contributed by atoms with Gasteiger partial charge in [-0.1, -0.05) is 13.3 Å². The number of carbonyl (C=O) groups is 1. The Labute approximate surface area is 86.2 Å². The molecule has 0 aromatic heterocycles. The topological polar surface area (TPSA) is 38.3 Å². The Bertz CT molecular complexity index is 178. The van der Waals surface area contributed by atoms with Gasteiger partial charge in [0.25, 0.3) is 0 Å². The highest BCUT2D eigenvalue weighted by Crippen LogP contribution is 2.27. The van der Waals surface area contributed by atoms with E-state index >= 15 is 0 Å². The molecule has 0 spiro atoms. The van der Waals surface area contributed by atoms with Crippen LogP contribution in [0.15, 0.2) is 0 Å². The zero-order valence-corrected chi connectivity index (χ0v) is 9.21. The zero-order chi connectivity index (χ0) is 10.4. The van der Waals surface area contributed by atoms with Gasteiger partial charge in [-0.25, -0.2) is 0 Å². The normalized spacial score (nSPS) is 17.9. The number of nitrogens with one attached hydrogen (secondary N) is 1. The maximum atomic E-state index is 11.5. The Morgan fingerprint density at radius 1 is 1.50 bits per heavy atom. The Morgan fingerprint density at radius 2 is 2.21 bits per heavy atom. The highest BCUT2D eigenvalue weighted by Gasteiger charge is 2.24. The van der Waals surface area contributed by atoms with E-state index in [9.17, 15) is 4.79 Å². The smallest absolute Gasteiger partial charge is 0.323 e. The van der Waals surface area contributed by atoms with Crippen molar-refractivity contribution in [3.8, 4) is 0 Å². The van der Waals surface area contributed by atoms with Crippen molar-refractivity contribution in [1.82, 2.24) is 5.32 Å². The molecule has 1 rings (SSSR count). The van der Waals surface area contributed by atoms with E-state index in [0.29, 0.717) is 6.61 Å². The molecule has 1 atom stereocenters. The summed E-state index contributed by atoms with van der Waals surface area (Å²) in [6.45, 7) is 5.39. The fourth-order valence-corrected chi connectivity index (χ4v) is 1.47. The summed E-state index contributed by atoms with van der Waals surface area (Å²) in [5.74, 6) is 0.721. The first-order valence-corrected chi connectivity index (χ1v) is 5.68. The van der Waals surface area contributed by atoms with Crippen molar-refractivity contribution < 1.29 is 9.53 Å². The van der Waals surface area contributed by atoms with Gasteiger partial charge >= 0.3 is 5.97 Å². The van der Waals surface area contributed by atoms with Crippen LogP contribution in [-0.4, -0.2) is 25.2 Å². The van der Waals surface area contributed by atoms with Gasteiger partial charge < -0.3 is 10.1 Å². The van der Waals surface area contributed by atoms with Gasteiger partial charge in [-0.3, -0.25) is 4.79 Å². The Balaban J connectivity index is 2.23. The number of hydrogen-bond donors (Lipinski definition) is 1. The summed E-state index contributed by atoms with van der Waals surface area (Å²) in [6.07, 6.45) is 4.52. The summed E-state index contributed by atoms with van der Waals surface area (Å²) >= 11 is 0. The van der Waals surface area contributed by atoms with Crippen LogP contribution in [0.1, 0.15) is 39.5 Å². The standard InChI is InChI=1S/C11H21NO2/c1-3-5-10(11(13)14-4-2)12-8-9-6-7-9/h9-10,12H,3-8H2,1-2H3. The molecular weight excluding hydrogens is 178 g/mol. The van der Waals surface area contributed by atoms with Crippen LogP contribution in [0.5, 0.6) is 0 Å². The summed E-state index contributed by atoms with van der Waals surface area (Å²) in [4.78, 5) is 11.5. The maximum Gasteiger partial charge on any atom is 0.323 e. The van der Waals surface area contributed by atoms with Crippen molar-refractivity contribution in [1.29, 1.82) is 0 Å². The third kappa shape index (κ3) is 4.09. The van der Waals surface area contributed by atoms with Crippen LogP contribution < -0.4 is 5.32 Å². The van der Waals surface area contributed by atoms with Gasteiger partial charge in [0.1, 0.15) is 6.04 Å². The van der Waals surface area contributed by atoms with E-state index in [1.165, 1.54) is 12.8 Å². The van der Waals surface area contributed by atoms with Crippen molar-refractivity contribution >= 4 is 5.97 Å². The lowest BCUT2D eigenvalue weighted by atomic mass is 10.1. The molecule has 1 fully saturated rings. The number of carbonyl (C=O) groups excluding carboxylic acids is 1. The molecule has 82 valence electrons. The van der Waals surface area contributed by atoms with Crippen molar-refractivity contribution in [2.24, 2.45) is 5.92 Å². The molecule has 0 aromatic carbocycles. The van der Waals surface area contributed by atoms with Gasteiger partial charge in [0.15, 0.2) is 0 Å². The molecule has 1 unspecified atom stereocenters. The van der Waals surface area contributed by atoms with Crippen molar-refractivity contribution in [2.45, 2.75) is 45.6 Å². The van der Waals surface area contributed by atoms with Crippen molar-refractivity contribution in [2.75, 3.05) is 13.2 Å². The van der Waals surface area contributed by atoms with E-state index in [0.717, 1.165) is 25.3 Å². The van der Waals surface area contributed by atoms with Crippen LogP contribution in [0, 0.1) is 5.92 Å². The molecule has 0 radical (unpaired) electrons. The first-order valence-electron chi connectivity index (χ1n) is 5.68. The van der Waals surface area contributed by atoms with Crippen LogP contribution in [0.2, 0.25) is 0 Å². The minimum atomic E-state index is -0.0880. The predicted octanol–water partition coefficient (Wildman–Crippen LogP) is 1.72. The molecule has 0 saturated heterocycles. The predicted molar refractivity (Wildman–Crippen MR) is 56.1 cm³/mol. The van der Waals surface area contributed by atoms with Gasteiger partial charge in [-0.05, 0) is 38.6 Å². The van der Waals surface area contributed by atoms with Crippen LogP contribution >= 0.6 is 0 Å². The SMILES string of the molecule is CCCC(NCC1CC1)C(=O)OCC. The lowest BCUT2D eigenvalue weighted by molar-refractivity contribution is -0.145. The minimum Gasteiger partial charge on any atom is -0.465 e. The second kappa shape index (κ2) is 6.02. The number of rotatable bonds is 7. The van der Waals surface area contributed by atoms with E-state index in [-0.39, 0.29) is 12.0 Å². The molecule has 1 aliphatic rings. The molecule has 1 saturated carbocycles. The lowest BCUT2D eigenvalue weighted by Crippen LogP contribution is -2.39. The minimum absolute atomic E-state index is 0.0828. The quantitative estimate of drug-likeness (QED) is 0.634. The third-order valence-electron chi connectivity index (χ3n) is 2.50. The molecule has 1 N–H and O–H groups in total. The van der Waals surface area contributed by atoms with Crippen LogP contribution in [0.25, 0.3) is 0 Å². The molecular formula is C11H21NO2. The molecule has 0 bridgehead atoms. The van der Waals surface area contributed by atoms with Crippen molar-refractivity contribution in [3.05, 3.63) is 0 Å². The summed E-state index contributed by atoms with van der Waals surface area (Å²) in [5, 5.41) is 3.29. The monoisotopic (exact) mass is 199 g/mol. The first kappa shape index (κ1) is 11.5. The average Bonchev–Trinajstić information content (AvgIpc) is 2.96. The number of ether oxygens (including phenoxy) is 1. The van der Waals surface area contributed by atoms with E-state index in [1.807, 2.05) is 6.92 Å². The van der Waals surface area contributed by atoms with Gasteiger partial charge in [0.05, 0.1) is 6.61 Å². The molecule has 14 heavy (non-hydrogen) atoms. The van der Waals surface area contributed by atoms with E-state index in [2.05, 4.69) is 12.2 Å². The molecule has 3 nitrogen and oxygen atoms in total. The molecule has 0 aliphatic heterocycles. The average molecular weight is 199 g/mol. The van der Waals surface area contributed by atoms with E-state index < -0.39 is 0 Å². The van der Waals surface area contributed by atoms with Gasteiger partial charge in [0, 0.05) is 0 Å². The maximum absolute atomic E-state index is 11.5. The summed E-state index contributed by atoms with van der Waals surface area (Å²) < 4.78 is 5.01. The number of hydrogen-bond acceptors (Lipinski definition) is 3. The number of esters is 1. The molecule has 0 amide bonds. The van der Waals surface area contributed by atoms with Gasteiger partial charge in [-0.15, -0.1) is 0 Å². The fourth-order valence-electron chi connectivity index (χ4n) is 1.47. The highest BCUT2D eigenvalue weighted by atomic mass is 16.5. The van der Waals surface area contributed by atoms with Crippen molar-refractivity contribution in [3.63, 3.8) is 0 Å². The second-order valence-electron chi connectivity index (χ2n) is 3.94. The Hall–Kier alpha value is -0.570. The van der Waals surface area contributed by atoms with Crippen LogP contribution in [-0.2, 0) is 9.53 Å². The summed E-state index contributed by atoms with van der Waals surface area (Å²) in [7, 11) is 0. The third-order valence-corrected chi connectivity index (χ3v) is 2.50. The fraction of sp³-hybridized carbons (Fsp3) is 0.909. The van der Waals surface area contributed by atoms with E-state index in [1.54, 1.807) is 0 Å². The summed E-state index contributed by atoms with van der Waals surface area (Å²) in [5.41, 5.74) is 0. The Morgan fingerprint density at radius 3 is 2.71 bits per heavy atom. The van der Waals surface area contributed by atoms with Crippen LogP contribution in [0.3, 0.4) is 0 Å². The lowest BCUT2D eigenvalue weighted by Gasteiger charge is -2.16. The van der Waals surface area contributed by atoms with Crippen LogP contribution in [0.4, 0.5) is 0 Å². The molecule has 0 aromatic rings. The molecule has 1 aliphatic carbocycles. The van der Waals surface area contributed by atoms with E-state index in [4.69, 9.17) is 4.74 Å². The second-order valence-corrected chi connectivity index (χ2v) is 3.94. The summed E-state index contributed by atoms with van der Waals surface area (Å²) in [6, 6.07) is -0.0828. The Kier molecular flexibility index (Phi) is 4.94. The highest BCUT2D eigenvalue weighted by molar-refractivity contribution is 5.75.